The smallest absolute Gasteiger partial charge is 0.251 e. The third-order valence-corrected chi connectivity index (χ3v) is 5.96. The summed E-state index contributed by atoms with van der Waals surface area (Å²) in [5.41, 5.74) is 10.3. The number of rotatable bonds is 3. The molecule has 1 unspecified atom stereocenters. The minimum absolute atomic E-state index is 0.112. The van der Waals surface area contributed by atoms with Crippen molar-refractivity contribution in [2.24, 2.45) is 19.8 Å². The largest absolute Gasteiger partial charge is 0.341 e. The van der Waals surface area contributed by atoms with Crippen LogP contribution in [0.2, 0.25) is 10.0 Å². The van der Waals surface area contributed by atoms with Crippen LogP contribution in [0.25, 0.3) is 22.0 Å². The summed E-state index contributed by atoms with van der Waals surface area (Å²) >= 11 is 12.1. The molecule has 0 aliphatic carbocycles. The van der Waals surface area contributed by atoms with Gasteiger partial charge in [0.15, 0.2) is 0 Å². The highest BCUT2D eigenvalue weighted by atomic mass is 35.5. The number of nitrogens with zero attached hydrogens (tertiary/aromatic N) is 4. The van der Waals surface area contributed by atoms with Crippen LogP contribution >= 0.6 is 23.2 Å². The van der Waals surface area contributed by atoms with Gasteiger partial charge in [-0.15, -0.1) is 0 Å². The molecule has 1 atom stereocenters. The quantitative estimate of drug-likeness (QED) is 0.367. The van der Waals surface area contributed by atoms with E-state index >= 15 is 0 Å². The molecule has 0 fully saturated rings. The van der Waals surface area contributed by atoms with Gasteiger partial charge >= 0.3 is 0 Å². The van der Waals surface area contributed by atoms with Crippen molar-refractivity contribution in [1.82, 2.24) is 19.1 Å². The Kier molecular flexibility index (Phi) is 7.12. The fourth-order valence-corrected chi connectivity index (χ4v) is 3.91. The van der Waals surface area contributed by atoms with Gasteiger partial charge in [-0.2, -0.15) is 0 Å². The summed E-state index contributed by atoms with van der Waals surface area (Å²) in [7, 11) is 3.67. The van der Waals surface area contributed by atoms with Crippen molar-refractivity contribution in [3.8, 4) is 11.1 Å². The Bertz CT molecular complexity index is 1480. The molecule has 5 rings (SSSR count). The lowest BCUT2D eigenvalue weighted by molar-refractivity contribution is 0.827. The van der Waals surface area contributed by atoms with Crippen molar-refractivity contribution in [2.75, 3.05) is 0 Å². The maximum absolute atomic E-state index is 12.4. The van der Waals surface area contributed by atoms with Crippen LogP contribution in [0.1, 0.15) is 17.3 Å². The fourth-order valence-electron chi connectivity index (χ4n) is 3.60. The first kappa shape index (κ1) is 23.7. The molecule has 3 aromatic heterocycles. The summed E-state index contributed by atoms with van der Waals surface area (Å²) in [6, 6.07) is 18.0. The first-order valence-electron chi connectivity index (χ1n) is 10.5. The van der Waals surface area contributed by atoms with E-state index in [0.717, 1.165) is 27.6 Å². The lowest BCUT2D eigenvalue weighted by atomic mass is 9.98. The van der Waals surface area contributed by atoms with E-state index in [1.807, 2.05) is 54.2 Å². The van der Waals surface area contributed by atoms with Gasteiger partial charge in [0.1, 0.15) is 0 Å². The number of halogens is 2. The van der Waals surface area contributed by atoms with E-state index in [1.54, 1.807) is 54.6 Å². The van der Waals surface area contributed by atoms with E-state index in [1.165, 1.54) is 0 Å². The van der Waals surface area contributed by atoms with Crippen LogP contribution in [0.5, 0.6) is 0 Å². The number of hydrogen-bond acceptors (Lipinski definition) is 4. The number of fused-ring (bicyclic) bond motifs is 1. The Morgan fingerprint density at radius 3 is 2.35 bits per heavy atom. The highest BCUT2D eigenvalue weighted by Gasteiger charge is 2.15. The van der Waals surface area contributed by atoms with Gasteiger partial charge in [0.2, 0.25) is 0 Å². The first-order chi connectivity index (χ1) is 16.3. The summed E-state index contributed by atoms with van der Waals surface area (Å²) in [6.45, 7) is 0. The molecular weight excluding hydrogens is 469 g/mol. The van der Waals surface area contributed by atoms with Crippen LogP contribution < -0.4 is 11.3 Å². The molecule has 0 aliphatic rings. The molecular formula is C26H23Cl2N5O. The van der Waals surface area contributed by atoms with Crippen molar-refractivity contribution in [3.05, 3.63) is 117 Å². The van der Waals surface area contributed by atoms with E-state index in [9.17, 15) is 4.79 Å². The van der Waals surface area contributed by atoms with E-state index in [4.69, 9.17) is 28.9 Å². The van der Waals surface area contributed by atoms with Crippen molar-refractivity contribution >= 4 is 34.1 Å². The zero-order valence-electron chi connectivity index (χ0n) is 18.7. The van der Waals surface area contributed by atoms with Gasteiger partial charge in [-0.3, -0.25) is 9.78 Å². The number of aromatic nitrogens is 4. The van der Waals surface area contributed by atoms with Gasteiger partial charge in [-0.05, 0) is 47.0 Å². The van der Waals surface area contributed by atoms with Crippen LogP contribution in [-0.4, -0.2) is 19.1 Å². The summed E-state index contributed by atoms with van der Waals surface area (Å²) in [6.07, 6.45) is 7.08. The molecule has 0 saturated heterocycles. The van der Waals surface area contributed by atoms with Crippen molar-refractivity contribution < 1.29 is 0 Å². The predicted octanol–water partition coefficient (Wildman–Crippen LogP) is 5.38. The molecule has 0 saturated carbocycles. The van der Waals surface area contributed by atoms with Gasteiger partial charge in [0.25, 0.3) is 5.56 Å². The second-order valence-corrected chi connectivity index (χ2v) is 8.72. The third kappa shape index (κ3) is 5.20. The molecule has 0 amide bonds. The van der Waals surface area contributed by atoms with Crippen LogP contribution in [0.4, 0.5) is 0 Å². The number of aryl methyl sites for hydroxylation is 2. The van der Waals surface area contributed by atoms with E-state index < -0.39 is 6.04 Å². The highest BCUT2D eigenvalue weighted by molar-refractivity contribution is 6.31. The SMILES string of the molecule is Cn1c(=O)cc(-c2cccc(Cl)c2)c2cc(C(N)c3ccc(Cl)cc3)ncc21.Cn1ccnc1. The van der Waals surface area contributed by atoms with Gasteiger partial charge < -0.3 is 14.9 Å². The summed E-state index contributed by atoms with van der Waals surface area (Å²) < 4.78 is 3.47. The molecule has 5 aromatic rings. The first-order valence-corrected chi connectivity index (χ1v) is 11.3. The van der Waals surface area contributed by atoms with Crippen molar-refractivity contribution in [3.63, 3.8) is 0 Å². The highest BCUT2D eigenvalue weighted by Crippen LogP contribution is 2.30. The van der Waals surface area contributed by atoms with Gasteiger partial charge in [0.05, 0.1) is 29.8 Å². The predicted molar refractivity (Wildman–Crippen MR) is 138 cm³/mol. The maximum atomic E-state index is 12.4. The topological polar surface area (TPSA) is 78.7 Å². The monoisotopic (exact) mass is 491 g/mol. The van der Waals surface area contributed by atoms with Crippen LogP contribution in [-0.2, 0) is 14.1 Å². The third-order valence-electron chi connectivity index (χ3n) is 5.47. The van der Waals surface area contributed by atoms with Crippen molar-refractivity contribution in [1.29, 1.82) is 0 Å². The van der Waals surface area contributed by atoms with Crippen LogP contribution in [0.15, 0.2) is 90.4 Å². The zero-order valence-corrected chi connectivity index (χ0v) is 20.2. The van der Waals surface area contributed by atoms with E-state index in [2.05, 4.69) is 9.97 Å². The Labute approximate surface area is 207 Å². The fraction of sp³-hybridized carbons (Fsp3) is 0.115. The lowest BCUT2D eigenvalue weighted by Crippen LogP contribution is -2.18. The lowest BCUT2D eigenvalue weighted by Gasteiger charge is -2.15. The average molecular weight is 492 g/mol. The summed E-state index contributed by atoms with van der Waals surface area (Å²) in [5.74, 6) is 0. The minimum Gasteiger partial charge on any atom is -0.341 e. The molecule has 0 spiro atoms. The Morgan fingerprint density at radius 1 is 0.971 bits per heavy atom. The number of pyridine rings is 2. The Balaban J connectivity index is 0.000000398. The normalized spacial score (nSPS) is 11.7. The molecule has 172 valence electrons. The van der Waals surface area contributed by atoms with Crippen molar-refractivity contribution in [2.45, 2.75) is 6.04 Å². The number of benzene rings is 2. The average Bonchev–Trinajstić information content (AvgIpc) is 3.32. The van der Waals surface area contributed by atoms with Gasteiger partial charge in [-0.1, -0.05) is 47.5 Å². The summed E-state index contributed by atoms with van der Waals surface area (Å²) in [5, 5.41) is 2.15. The molecule has 6 nitrogen and oxygen atoms in total. The van der Waals surface area contributed by atoms with E-state index in [-0.39, 0.29) is 5.56 Å². The zero-order chi connectivity index (χ0) is 24.2. The number of hydrogen-bond donors (Lipinski definition) is 1. The Hall–Kier alpha value is -3.45. The molecule has 2 N–H and O–H groups in total. The molecule has 3 heterocycles. The van der Waals surface area contributed by atoms with Gasteiger partial charge in [0, 0.05) is 48.0 Å². The molecule has 2 aromatic carbocycles. The van der Waals surface area contributed by atoms with E-state index in [0.29, 0.717) is 15.7 Å². The Morgan fingerprint density at radius 2 is 1.74 bits per heavy atom. The molecule has 0 radical (unpaired) electrons. The maximum Gasteiger partial charge on any atom is 0.251 e. The number of imidazole rings is 1. The van der Waals surface area contributed by atoms with Crippen LogP contribution in [0.3, 0.4) is 0 Å². The molecule has 0 bridgehead atoms. The molecule has 34 heavy (non-hydrogen) atoms. The minimum atomic E-state index is -0.411. The standard InChI is InChI=1S/C22H17Cl2N3O.C4H6N2/c1-27-20-12-26-19(22(25)13-5-7-15(23)8-6-13)10-18(20)17(11-21(27)28)14-3-2-4-16(24)9-14;1-6-3-2-5-4-6/h2-12,22H,25H2,1H3;2-4H,1H3. The molecule has 0 aliphatic heterocycles. The second-order valence-electron chi connectivity index (χ2n) is 7.85. The number of nitrogens with two attached hydrogens (primary N) is 1. The van der Waals surface area contributed by atoms with Gasteiger partial charge in [-0.25, -0.2) is 4.98 Å². The molecule has 8 heteroatoms. The summed E-state index contributed by atoms with van der Waals surface area (Å²) in [4.78, 5) is 20.8. The second kappa shape index (κ2) is 10.2. The van der Waals surface area contributed by atoms with Crippen LogP contribution in [0, 0.1) is 0 Å².